The summed E-state index contributed by atoms with van der Waals surface area (Å²) >= 11 is 0. The highest BCUT2D eigenvalue weighted by Crippen LogP contribution is 2.28. The maximum absolute atomic E-state index is 11.9. The van der Waals surface area contributed by atoms with Crippen LogP contribution < -0.4 is 5.32 Å². The van der Waals surface area contributed by atoms with Gasteiger partial charge >= 0.3 is 0 Å². The minimum atomic E-state index is -0.463. The number of benzene rings is 1. The number of carbonyl (C=O) groups is 2. The Morgan fingerprint density at radius 3 is 2.13 bits per heavy atom. The standard InChI is InChI=1S/C12H13NO2/c1-13-7-6-10-11(14)8-4-2-3-5-9(8)12(10)15/h2-5,10,13H,6-7H2,1H3. The van der Waals surface area contributed by atoms with Crippen LogP contribution in [0.15, 0.2) is 24.3 Å². The van der Waals surface area contributed by atoms with Crippen molar-refractivity contribution in [2.24, 2.45) is 5.92 Å². The summed E-state index contributed by atoms with van der Waals surface area (Å²) in [6.07, 6.45) is 0.586. The van der Waals surface area contributed by atoms with E-state index in [1.54, 1.807) is 24.3 Å². The van der Waals surface area contributed by atoms with Crippen molar-refractivity contribution in [2.75, 3.05) is 13.6 Å². The summed E-state index contributed by atoms with van der Waals surface area (Å²) in [6, 6.07) is 7.05. The van der Waals surface area contributed by atoms with Crippen molar-refractivity contribution in [1.29, 1.82) is 0 Å². The fourth-order valence-electron chi connectivity index (χ4n) is 1.96. The van der Waals surface area contributed by atoms with Crippen LogP contribution in [-0.2, 0) is 0 Å². The molecule has 1 aliphatic carbocycles. The van der Waals surface area contributed by atoms with E-state index in [9.17, 15) is 9.59 Å². The van der Waals surface area contributed by atoms with Gasteiger partial charge in [0.15, 0.2) is 11.6 Å². The molecule has 0 heterocycles. The minimum Gasteiger partial charge on any atom is -0.320 e. The van der Waals surface area contributed by atoms with E-state index >= 15 is 0 Å². The van der Waals surface area contributed by atoms with E-state index in [4.69, 9.17) is 0 Å². The first kappa shape index (κ1) is 10.1. The number of ketones is 2. The molecule has 0 atom stereocenters. The SMILES string of the molecule is CNCCC1C(=O)c2ccccc2C1=O. The molecule has 0 saturated carbocycles. The Hall–Kier alpha value is -1.48. The average Bonchev–Trinajstić information content (AvgIpc) is 2.51. The zero-order valence-corrected chi connectivity index (χ0v) is 8.62. The molecular weight excluding hydrogens is 190 g/mol. The van der Waals surface area contributed by atoms with E-state index in [0.717, 1.165) is 0 Å². The van der Waals surface area contributed by atoms with Crippen molar-refractivity contribution in [3.8, 4) is 0 Å². The zero-order valence-electron chi connectivity index (χ0n) is 8.62. The van der Waals surface area contributed by atoms with Crippen LogP contribution in [0.1, 0.15) is 27.1 Å². The van der Waals surface area contributed by atoms with E-state index in [0.29, 0.717) is 24.1 Å². The van der Waals surface area contributed by atoms with Gasteiger partial charge in [0, 0.05) is 11.1 Å². The largest absolute Gasteiger partial charge is 0.320 e. The van der Waals surface area contributed by atoms with Gasteiger partial charge in [0.2, 0.25) is 0 Å². The highest BCUT2D eigenvalue weighted by atomic mass is 16.2. The molecule has 0 amide bonds. The summed E-state index contributed by atoms with van der Waals surface area (Å²) in [5.41, 5.74) is 1.17. The first-order valence-corrected chi connectivity index (χ1v) is 5.07. The molecule has 0 unspecified atom stereocenters. The molecule has 2 rings (SSSR count). The summed E-state index contributed by atoms with van der Waals surface area (Å²) in [5.74, 6) is -0.508. The second-order valence-corrected chi connectivity index (χ2v) is 3.72. The molecule has 0 radical (unpaired) electrons. The average molecular weight is 203 g/mol. The lowest BCUT2D eigenvalue weighted by atomic mass is 10.00. The van der Waals surface area contributed by atoms with Crippen LogP contribution in [0.4, 0.5) is 0 Å². The van der Waals surface area contributed by atoms with Crippen molar-refractivity contribution in [1.82, 2.24) is 5.32 Å². The fraction of sp³-hybridized carbons (Fsp3) is 0.333. The topological polar surface area (TPSA) is 46.2 Å². The third kappa shape index (κ3) is 1.59. The van der Waals surface area contributed by atoms with E-state index in [1.165, 1.54) is 0 Å². The molecule has 3 nitrogen and oxygen atoms in total. The van der Waals surface area contributed by atoms with Crippen molar-refractivity contribution in [3.63, 3.8) is 0 Å². The summed E-state index contributed by atoms with van der Waals surface area (Å²) in [5, 5.41) is 2.96. The quantitative estimate of drug-likeness (QED) is 0.753. The molecule has 0 spiro atoms. The Balaban J connectivity index is 2.29. The lowest BCUT2D eigenvalue weighted by molar-refractivity contribution is 0.0832. The molecule has 1 aromatic rings. The predicted octanol–water partition coefficient (Wildman–Crippen LogP) is 1.29. The number of Topliss-reactive ketones (excluding diaryl/α,β-unsaturated/α-hetero) is 2. The maximum atomic E-state index is 11.9. The van der Waals surface area contributed by atoms with Crippen LogP contribution in [-0.4, -0.2) is 25.2 Å². The molecule has 15 heavy (non-hydrogen) atoms. The third-order valence-corrected chi connectivity index (χ3v) is 2.77. The molecule has 0 fully saturated rings. The van der Waals surface area contributed by atoms with E-state index < -0.39 is 5.92 Å². The van der Waals surface area contributed by atoms with Crippen molar-refractivity contribution < 1.29 is 9.59 Å². The molecule has 1 aliphatic rings. The monoisotopic (exact) mass is 203 g/mol. The molecule has 0 aromatic heterocycles. The van der Waals surface area contributed by atoms with Gasteiger partial charge in [-0.05, 0) is 20.0 Å². The van der Waals surface area contributed by atoms with E-state index in [2.05, 4.69) is 5.32 Å². The fourth-order valence-corrected chi connectivity index (χ4v) is 1.96. The van der Waals surface area contributed by atoms with Gasteiger partial charge in [-0.2, -0.15) is 0 Å². The van der Waals surface area contributed by atoms with Gasteiger partial charge in [-0.15, -0.1) is 0 Å². The first-order chi connectivity index (χ1) is 7.25. The lowest BCUT2D eigenvalue weighted by Crippen LogP contribution is -2.21. The minimum absolute atomic E-state index is 0.0224. The Bertz CT molecular complexity index is 377. The molecule has 1 aromatic carbocycles. The van der Waals surface area contributed by atoms with Crippen LogP contribution in [0, 0.1) is 5.92 Å². The zero-order chi connectivity index (χ0) is 10.8. The highest BCUT2D eigenvalue weighted by molar-refractivity contribution is 6.26. The van der Waals surface area contributed by atoms with Crippen LogP contribution in [0.2, 0.25) is 0 Å². The summed E-state index contributed by atoms with van der Waals surface area (Å²) in [6.45, 7) is 0.691. The number of hydrogen-bond donors (Lipinski definition) is 1. The number of rotatable bonds is 3. The van der Waals surface area contributed by atoms with Crippen LogP contribution >= 0.6 is 0 Å². The summed E-state index contributed by atoms with van der Waals surface area (Å²) in [7, 11) is 1.82. The van der Waals surface area contributed by atoms with Crippen LogP contribution in [0.25, 0.3) is 0 Å². The second kappa shape index (κ2) is 3.95. The van der Waals surface area contributed by atoms with Gasteiger partial charge in [-0.3, -0.25) is 9.59 Å². The van der Waals surface area contributed by atoms with Crippen LogP contribution in [0.5, 0.6) is 0 Å². The molecule has 78 valence electrons. The molecule has 3 heteroatoms. The highest BCUT2D eigenvalue weighted by Gasteiger charge is 2.37. The van der Waals surface area contributed by atoms with Crippen molar-refractivity contribution in [2.45, 2.75) is 6.42 Å². The van der Waals surface area contributed by atoms with E-state index in [1.807, 2.05) is 7.05 Å². The van der Waals surface area contributed by atoms with E-state index in [-0.39, 0.29) is 11.6 Å². The Labute approximate surface area is 88.5 Å². The van der Waals surface area contributed by atoms with Crippen molar-refractivity contribution >= 4 is 11.6 Å². The van der Waals surface area contributed by atoms with Gasteiger partial charge < -0.3 is 5.32 Å². The molecular formula is C12H13NO2. The molecule has 0 bridgehead atoms. The smallest absolute Gasteiger partial charge is 0.174 e. The number of fused-ring (bicyclic) bond motifs is 1. The second-order valence-electron chi connectivity index (χ2n) is 3.72. The molecule has 1 N–H and O–H groups in total. The number of carbonyl (C=O) groups excluding carboxylic acids is 2. The molecule has 0 saturated heterocycles. The maximum Gasteiger partial charge on any atom is 0.174 e. The van der Waals surface area contributed by atoms with Crippen molar-refractivity contribution in [3.05, 3.63) is 35.4 Å². The molecule has 0 aliphatic heterocycles. The normalized spacial score (nSPS) is 15.8. The van der Waals surface area contributed by atoms with Gasteiger partial charge in [0.05, 0.1) is 5.92 Å². The van der Waals surface area contributed by atoms with Gasteiger partial charge in [-0.25, -0.2) is 0 Å². The number of hydrogen-bond acceptors (Lipinski definition) is 3. The Morgan fingerprint density at radius 1 is 1.13 bits per heavy atom. The number of nitrogens with one attached hydrogen (secondary N) is 1. The Kier molecular flexibility index (Phi) is 2.64. The first-order valence-electron chi connectivity index (χ1n) is 5.07. The summed E-state index contributed by atoms with van der Waals surface area (Å²) in [4.78, 5) is 23.7. The Morgan fingerprint density at radius 2 is 1.67 bits per heavy atom. The lowest BCUT2D eigenvalue weighted by Gasteiger charge is -2.04. The van der Waals surface area contributed by atoms with Crippen LogP contribution in [0.3, 0.4) is 0 Å². The summed E-state index contributed by atoms with van der Waals surface area (Å²) < 4.78 is 0. The van der Waals surface area contributed by atoms with Gasteiger partial charge in [0.1, 0.15) is 0 Å². The van der Waals surface area contributed by atoms with Gasteiger partial charge in [-0.1, -0.05) is 24.3 Å². The third-order valence-electron chi connectivity index (χ3n) is 2.77. The predicted molar refractivity (Wildman–Crippen MR) is 57.1 cm³/mol. The van der Waals surface area contributed by atoms with Gasteiger partial charge in [0.25, 0.3) is 0 Å².